The molecule has 0 aliphatic carbocycles. The van der Waals surface area contributed by atoms with Crippen LogP contribution in [0.25, 0.3) is 0 Å². The number of hydrogen-bond donors (Lipinski definition) is 0. The molecule has 0 spiro atoms. The largest absolute Gasteiger partial charge is 0.266 e. The van der Waals surface area contributed by atoms with Crippen LogP contribution in [0.5, 0.6) is 0 Å². The maximum absolute atomic E-state index is 13.3. The summed E-state index contributed by atoms with van der Waals surface area (Å²) in [6, 6.07) is 2.97. The van der Waals surface area contributed by atoms with Crippen molar-refractivity contribution in [3.63, 3.8) is 0 Å². The third kappa shape index (κ3) is 2.05. The standard InChI is InChI=1S/C9H4F3N3/c10-8-5(3-14)6(9(11)12)4-15-7(8)1-2-13/h4,9H,1H2. The van der Waals surface area contributed by atoms with E-state index < -0.39 is 23.4 Å². The number of rotatable bonds is 2. The number of hydrogen-bond acceptors (Lipinski definition) is 3. The number of nitriles is 2. The highest BCUT2D eigenvalue weighted by Crippen LogP contribution is 2.24. The zero-order valence-corrected chi connectivity index (χ0v) is 7.34. The highest BCUT2D eigenvalue weighted by atomic mass is 19.3. The highest BCUT2D eigenvalue weighted by molar-refractivity contribution is 5.40. The van der Waals surface area contributed by atoms with Crippen molar-refractivity contribution in [2.75, 3.05) is 0 Å². The normalized spacial score (nSPS) is 9.73. The topological polar surface area (TPSA) is 60.5 Å². The van der Waals surface area contributed by atoms with Crippen LogP contribution in [0.4, 0.5) is 13.2 Å². The molecule has 0 saturated carbocycles. The Balaban J connectivity index is 3.36. The molecule has 1 heterocycles. The van der Waals surface area contributed by atoms with Crippen molar-refractivity contribution in [2.45, 2.75) is 12.8 Å². The fourth-order valence-electron chi connectivity index (χ4n) is 1.02. The van der Waals surface area contributed by atoms with Gasteiger partial charge in [0.2, 0.25) is 0 Å². The number of pyridine rings is 1. The first-order valence-electron chi connectivity index (χ1n) is 3.84. The molecule has 76 valence electrons. The molecular weight excluding hydrogens is 207 g/mol. The molecule has 0 aliphatic rings. The van der Waals surface area contributed by atoms with Gasteiger partial charge in [-0.3, -0.25) is 4.98 Å². The molecule has 3 nitrogen and oxygen atoms in total. The van der Waals surface area contributed by atoms with Crippen LogP contribution >= 0.6 is 0 Å². The highest BCUT2D eigenvalue weighted by Gasteiger charge is 2.20. The van der Waals surface area contributed by atoms with E-state index in [1.807, 2.05) is 0 Å². The third-order valence-corrected chi connectivity index (χ3v) is 1.71. The summed E-state index contributed by atoms with van der Waals surface area (Å²) in [6.07, 6.45) is -2.60. The van der Waals surface area contributed by atoms with Crippen molar-refractivity contribution in [1.82, 2.24) is 4.98 Å². The van der Waals surface area contributed by atoms with E-state index in [0.717, 1.165) is 6.20 Å². The average Bonchev–Trinajstić information content (AvgIpc) is 2.20. The molecule has 0 bridgehead atoms. The van der Waals surface area contributed by atoms with E-state index in [9.17, 15) is 13.2 Å². The summed E-state index contributed by atoms with van der Waals surface area (Å²) in [5.41, 5.74) is -1.79. The van der Waals surface area contributed by atoms with E-state index in [1.54, 1.807) is 6.07 Å². The second-order valence-electron chi connectivity index (χ2n) is 2.60. The van der Waals surface area contributed by atoms with Crippen LogP contribution < -0.4 is 0 Å². The Morgan fingerprint density at radius 1 is 1.40 bits per heavy atom. The maximum atomic E-state index is 13.3. The Labute approximate surface area is 83.4 Å². The van der Waals surface area contributed by atoms with Gasteiger partial charge in [-0.25, -0.2) is 13.2 Å². The van der Waals surface area contributed by atoms with Crippen molar-refractivity contribution in [2.24, 2.45) is 0 Å². The average molecular weight is 211 g/mol. The SMILES string of the molecule is N#CCc1ncc(C(F)F)c(C#N)c1F. The summed E-state index contributed by atoms with van der Waals surface area (Å²) < 4.78 is 37.9. The molecule has 0 radical (unpaired) electrons. The molecule has 0 N–H and O–H groups in total. The maximum Gasteiger partial charge on any atom is 0.266 e. The van der Waals surface area contributed by atoms with Crippen LogP contribution in [-0.2, 0) is 6.42 Å². The van der Waals surface area contributed by atoms with Gasteiger partial charge >= 0.3 is 0 Å². The Bertz CT molecular complexity index is 457. The molecule has 0 aromatic carbocycles. The molecule has 1 aromatic heterocycles. The van der Waals surface area contributed by atoms with E-state index in [0.29, 0.717) is 0 Å². The van der Waals surface area contributed by atoms with Crippen LogP contribution in [0.3, 0.4) is 0 Å². The van der Waals surface area contributed by atoms with Crippen molar-refractivity contribution >= 4 is 0 Å². The van der Waals surface area contributed by atoms with Gasteiger partial charge in [0.15, 0.2) is 5.82 Å². The lowest BCUT2D eigenvalue weighted by molar-refractivity contribution is 0.150. The van der Waals surface area contributed by atoms with Gasteiger partial charge in [-0.05, 0) is 0 Å². The van der Waals surface area contributed by atoms with Gasteiger partial charge in [0.25, 0.3) is 6.43 Å². The number of aromatic nitrogens is 1. The fraction of sp³-hybridized carbons (Fsp3) is 0.222. The molecule has 0 aliphatic heterocycles. The number of halogens is 3. The van der Waals surface area contributed by atoms with E-state index >= 15 is 0 Å². The van der Waals surface area contributed by atoms with Gasteiger partial charge in [0.1, 0.15) is 11.6 Å². The summed E-state index contributed by atoms with van der Waals surface area (Å²) in [6.45, 7) is 0. The van der Waals surface area contributed by atoms with Crippen LogP contribution in [0.15, 0.2) is 6.20 Å². The summed E-state index contributed by atoms with van der Waals surface area (Å²) in [4.78, 5) is 3.37. The van der Waals surface area contributed by atoms with Gasteiger partial charge in [-0.2, -0.15) is 10.5 Å². The molecule has 0 saturated heterocycles. The summed E-state index contributed by atoms with van der Waals surface area (Å²) >= 11 is 0. The molecule has 0 unspecified atom stereocenters. The Morgan fingerprint density at radius 3 is 2.53 bits per heavy atom. The van der Waals surface area contributed by atoms with Gasteiger partial charge in [0.05, 0.1) is 23.7 Å². The second-order valence-corrected chi connectivity index (χ2v) is 2.60. The predicted molar refractivity (Wildman–Crippen MR) is 43.2 cm³/mol. The minimum atomic E-state index is -2.96. The minimum absolute atomic E-state index is 0.293. The smallest absolute Gasteiger partial charge is 0.257 e. The van der Waals surface area contributed by atoms with E-state index in [4.69, 9.17) is 10.5 Å². The van der Waals surface area contributed by atoms with Gasteiger partial charge in [-0.15, -0.1) is 0 Å². The lowest BCUT2D eigenvalue weighted by atomic mass is 10.1. The zero-order valence-electron chi connectivity index (χ0n) is 7.34. The quantitative estimate of drug-likeness (QED) is 0.752. The first-order valence-corrected chi connectivity index (χ1v) is 3.84. The predicted octanol–water partition coefficient (Wildman–Crippen LogP) is 2.10. The molecule has 6 heteroatoms. The first-order chi connectivity index (χ1) is 7.11. The zero-order chi connectivity index (χ0) is 11.4. The van der Waals surface area contributed by atoms with E-state index in [1.165, 1.54) is 6.07 Å². The van der Waals surface area contributed by atoms with E-state index in [-0.39, 0.29) is 12.1 Å². The van der Waals surface area contributed by atoms with Crippen LogP contribution in [0.2, 0.25) is 0 Å². The van der Waals surface area contributed by atoms with Crippen LogP contribution in [-0.4, -0.2) is 4.98 Å². The summed E-state index contributed by atoms with van der Waals surface area (Å²) in [7, 11) is 0. The molecule has 1 rings (SSSR count). The molecule has 0 atom stereocenters. The summed E-state index contributed by atoms with van der Waals surface area (Å²) in [5.74, 6) is -1.14. The monoisotopic (exact) mass is 211 g/mol. The second kappa shape index (κ2) is 4.43. The van der Waals surface area contributed by atoms with Crippen LogP contribution in [0, 0.1) is 28.5 Å². The van der Waals surface area contributed by atoms with Crippen molar-refractivity contribution in [3.05, 3.63) is 28.8 Å². The van der Waals surface area contributed by atoms with Crippen molar-refractivity contribution in [3.8, 4) is 12.1 Å². The van der Waals surface area contributed by atoms with Gasteiger partial charge in [0, 0.05) is 6.20 Å². The van der Waals surface area contributed by atoms with Gasteiger partial charge < -0.3 is 0 Å². The molecule has 0 fully saturated rings. The Morgan fingerprint density at radius 2 is 2.07 bits per heavy atom. The van der Waals surface area contributed by atoms with Crippen molar-refractivity contribution in [1.29, 1.82) is 10.5 Å². The Hall–Kier alpha value is -2.08. The lowest BCUT2D eigenvalue weighted by Gasteiger charge is -2.05. The first kappa shape index (κ1) is 11.0. The fourth-order valence-corrected chi connectivity index (χ4v) is 1.02. The number of nitrogens with zero attached hydrogens (tertiary/aromatic N) is 3. The minimum Gasteiger partial charge on any atom is -0.257 e. The molecule has 1 aromatic rings. The summed E-state index contributed by atoms with van der Waals surface area (Å²) in [5, 5.41) is 16.8. The third-order valence-electron chi connectivity index (χ3n) is 1.71. The lowest BCUT2D eigenvalue weighted by Crippen LogP contribution is -2.02. The van der Waals surface area contributed by atoms with Crippen molar-refractivity contribution < 1.29 is 13.2 Å². The Kier molecular flexibility index (Phi) is 3.25. The molecular formula is C9H4F3N3. The number of alkyl halides is 2. The molecule has 0 amide bonds. The van der Waals surface area contributed by atoms with E-state index in [2.05, 4.69) is 4.98 Å². The molecule has 15 heavy (non-hydrogen) atoms. The van der Waals surface area contributed by atoms with Crippen LogP contribution in [0.1, 0.15) is 23.2 Å². The van der Waals surface area contributed by atoms with Gasteiger partial charge in [-0.1, -0.05) is 0 Å².